The van der Waals surface area contributed by atoms with Gasteiger partial charge in [0.15, 0.2) is 6.10 Å². The summed E-state index contributed by atoms with van der Waals surface area (Å²) in [6.45, 7) is 3.03. The Morgan fingerprint density at radius 2 is 1.78 bits per heavy atom. The number of thiophene rings is 1. The number of nitrogens with zero attached hydrogens (tertiary/aromatic N) is 1. The Hall–Kier alpha value is -3.83. The van der Waals surface area contributed by atoms with Crippen molar-refractivity contribution in [1.82, 2.24) is 15.5 Å². The number of nitrogens with one attached hydrogen (secondary N) is 2. The fourth-order valence-corrected chi connectivity index (χ4v) is 5.67. The molecule has 41 heavy (non-hydrogen) atoms. The molecule has 1 aliphatic rings. The van der Waals surface area contributed by atoms with Gasteiger partial charge in [0.1, 0.15) is 11.8 Å². The van der Waals surface area contributed by atoms with Gasteiger partial charge >= 0.3 is 0 Å². The van der Waals surface area contributed by atoms with Gasteiger partial charge in [-0.25, -0.2) is 8.78 Å². The molecule has 8 nitrogen and oxygen atoms in total. The standard InChI is InChI=1S/C30H33F2N3O5S/c1-18-21(12-7-13-23(18)36)26(38)34-22(15-19-9-5-4-6-10-19)24(37)28(40)35-17-30(31,32)29(2,3)25(35)27(39)33-16-20-11-8-14-41-20/h4-14,22,24-25,36-37H,15-17H2,1-3H3,(H,33,39)(H,34,38). The van der Waals surface area contributed by atoms with Crippen molar-refractivity contribution >= 4 is 29.1 Å². The van der Waals surface area contributed by atoms with Gasteiger partial charge in [-0.2, -0.15) is 0 Å². The van der Waals surface area contributed by atoms with Gasteiger partial charge in [-0.05, 0) is 42.5 Å². The van der Waals surface area contributed by atoms with Crippen molar-refractivity contribution < 1.29 is 33.4 Å². The molecule has 1 saturated heterocycles. The number of benzene rings is 2. The third-order valence-electron chi connectivity index (χ3n) is 7.65. The second-order valence-corrected chi connectivity index (χ2v) is 11.8. The van der Waals surface area contributed by atoms with Crippen molar-refractivity contribution in [3.05, 3.63) is 87.6 Å². The van der Waals surface area contributed by atoms with Crippen molar-refractivity contribution in [2.75, 3.05) is 6.54 Å². The molecule has 1 aromatic heterocycles. The summed E-state index contributed by atoms with van der Waals surface area (Å²) in [7, 11) is 0. The Kier molecular flexibility index (Phi) is 8.79. The van der Waals surface area contributed by atoms with Crippen LogP contribution in [0.1, 0.15) is 40.2 Å². The smallest absolute Gasteiger partial charge is 0.272 e. The van der Waals surface area contributed by atoms with Crippen LogP contribution < -0.4 is 10.6 Å². The highest BCUT2D eigenvalue weighted by molar-refractivity contribution is 7.09. The molecule has 3 amide bonds. The van der Waals surface area contributed by atoms with E-state index in [-0.39, 0.29) is 24.3 Å². The lowest BCUT2D eigenvalue weighted by molar-refractivity contribution is -0.148. The average Bonchev–Trinajstić information content (AvgIpc) is 3.52. The lowest BCUT2D eigenvalue weighted by atomic mass is 9.81. The molecule has 2 heterocycles. The van der Waals surface area contributed by atoms with E-state index in [9.17, 15) is 24.6 Å². The first-order valence-corrected chi connectivity index (χ1v) is 14.0. The number of likely N-dealkylation sites (tertiary alicyclic amines) is 1. The minimum Gasteiger partial charge on any atom is -0.508 e. The van der Waals surface area contributed by atoms with Crippen molar-refractivity contribution in [3.63, 3.8) is 0 Å². The highest BCUT2D eigenvalue weighted by Gasteiger charge is 2.64. The summed E-state index contributed by atoms with van der Waals surface area (Å²) in [5, 5.41) is 28.5. The van der Waals surface area contributed by atoms with Gasteiger partial charge in [0, 0.05) is 16.0 Å². The highest BCUT2D eigenvalue weighted by Crippen LogP contribution is 2.48. The second kappa shape index (κ2) is 12.0. The number of hydrogen-bond acceptors (Lipinski definition) is 6. The van der Waals surface area contributed by atoms with Crippen LogP contribution in [0.3, 0.4) is 0 Å². The van der Waals surface area contributed by atoms with E-state index < -0.39 is 53.8 Å². The predicted molar refractivity (Wildman–Crippen MR) is 151 cm³/mol. The van der Waals surface area contributed by atoms with Crippen molar-refractivity contribution in [1.29, 1.82) is 0 Å². The minimum atomic E-state index is -3.43. The zero-order valence-corrected chi connectivity index (χ0v) is 23.8. The van der Waals surface area contributed by atoms with E-state index in [1.165, 1.54) is 43.4 Å². The van der Waals surface area contributed by atoms with Crippen LogP contribution in [0.25, 0.3) is 0 Å². The summed E-state index contributed by atoms with van der Waals surface area (Å²) in [5.74, 6) is -6.06. The van der Waals surface area contributed by atoms with Crippen LogP contribution in [0.5, 0.6) is 5.75 Å². The molecule has 0 bridgehead atoms. The molecule has 1 fully saturated rings. The molecule has 2 aromatic carbocycles. The normalized spacial score (nSPS) is 18.9. The molecule has 0 saturated carbocycles. The molecule has 4 N–H and O–H groups in total. The van der Waals surface area contributed by atoms with Gasteiger partial charge in [0.2, 0.25) is 5.91 Å². The molecule has 218 valence electrons. The largest absolute Gasteiger partial charge is 0.508 e. The highest BCUT2D eigenvalue weighted by atomic mass is 32.1. The molecule has 0 aliphatic carbocycles. The number of aromatic hydroxyl groups is 1. The molecule has 4 rings (SSSR count). The van der Waals surface area contributed by atoms with E-state index in [0.29, 0.717) is 11.1 Å². The summed E-state index contributed by atoms with van der Waals surface area (Å²) in [6, 6.07) is 13.9. The first kappa shape index (κ1) is 30.1. The van der Waals surface area contributed by atoms with Crippen molar-refractivity contribution in [2.45, 2.75) is 57.8 Å². The number of alkyl halides is 2. The van der Waals surface area contributed by atoms with E-state index in [0.717, 1.165) is 9.78 Å². The number of phenolic OH excluding ortho intramolecular Hbond substituents is 1. The Morgan fingerprint density at radius 1 is 1.07 bits per heavy atom. The Morgan fingerprint density at radius 3 is 2.44 bits per heavy atom. The number of hydrogen-bond donors (Lipinski definition) is 4. The lowest BCUT2D eigenvalue weighted by Crippen LogP contribution is -2.57. The number of halogens is 2. The maximum Gasteiger partial charge on any atom is 0.272 e. The number of rotatable bonds is 9. The molecular weight excluding hydrogens is 552 g/mol. The van der Waals surface area contributed by atoms with Crippen LogP contribution in [0.15, 0.2) is 66.0 Å². The van der Waals surface area contributed by atoms with Gasteiger partial charge in [-0.15, -0.1) is 11.3 Å². The maximum absolute atomic E-state index is 15.2. The molecule has 3 aromatic rings. The van der Waals surface area contributed by atoms with Crippen molar-refractivity contribution in [2.24, 2.45) is 5.41 Å². The van der Waals surface area contributed by atoms with E-state index >= 15 is 8.78 Å². The Bertz CT molecular complexity index is 1400. The van der Waals surface area contributed by atoms with Crippen molar-refractivity contribution in [3.8, 4) is 5.75 Å². The van der Waals surface area contributed by atoms with E-state index in [1.807, 2.05) is 5.38 Å². The molecule has 3 atom stereocenters. The molecule has 0 spiro atoms. The van der Waals surface area contributed by atoms with Crippen LogP contribution in [0, 0.1) is 12.3 Å². The molecule has 1 aliphatic heterocycles. The Labute approximate surface area is 241 Å². The van der Waals surface area contributed by atoms with Crippen LogP contribution in [-0.2, 0) is 22.6 Å². The average molecular weight is 586 g/mol. The number of phenols is 1. The predicted octanol–water partition coefficient (Wildman–Crippen LogP) is 3.65. The summed E-state index contributed by atoms with van der Waals surface area (Å²) < 4.78 is 30.5. The first-order chi connectivity index (χ1) is 19.3. The Balaban J connectivity index is 1.62. The first-order valence-electron chi connectivity index (χ1n) is 13.1. The summed E-state index contributed by atoms with van der Waals surface area (Å²) in [4.78, 5) is 41.7. The minimum absolute atomic E-state index is 0.000215. The fraction of sp³-hybridized carbons (Fsp3) is 0.367. The van der Waals surface area contributed by atoms with E-state index in [1.54, 1.807) is 49.4 Å². The van der Waals surface area contributed by atoms with Crippen LogP contribution >= 0.6 is 11.3 Å². The quantitative estimate of drug-likeness (QED) is 0.306. The van der Waals surface area contributed by atoms with Gasteiger partial charge in [0.25, 0.3) is 17.7 Å². The van der Waals surface area contributed by atoms with Crippen LogP contribution in [-0.4, -0.2) is 63.5 Å². The van der Waals surface area contributed by atoms with Gasteiger partial charge in [0.05, 0.1) is 24.5 Å². The molecule has 3 unspecified atom stereocenters. The number of aliphatic hydroxyl groups is 1. The second-order valence-electron chi connectivity index (χ2n) is 10.8. The van der Waals surface area contributed by atoms with Gasteiger partial charge in [-0.1, -0.05) is 56.3 Å². The fourth-order valence-electron chi connectivity index (χ4n) is 5.02. The SMILES string of the molecule is Cc1c(O)cccc1C(=O)NC(Cc1ccccc1)C(O)C(=O)N1CC(F)(F)C(C)(C)C1C(=O)NCc1cccs1. The third-order valence-corrected chi connectivity index (χ3v) is 8.53. The number of carbonyl (C=O) groups is 3. The van der Waals surface area contributed by atoms with E-state index in [2.05, 4.69) is 10.6 Å². The topological polar surface area (TPSA) is 119 Å². The van der Waals surface area contributed by atoms with Crippen LogP contribution in [0.2, 0.25) is 0 Å². The maximum atomic E-state index is 15.2. The molecule has 0 radical (unpaired) electrons. The number of carbonyl (C=O) groups excluding carboxylic acids is 3. The van der Waals surface area contributed by atoms with E-state index in [4.69, 9.17) is 0 Å². The monoisotopic (exact) mass is 585 g/mol. The zero-order chi connectivity index (χ0) is 29.9. The number of aliphatic hydroxyl groups excluding tert-OH is 1. The number of amides is 3. The summed E-state index contributed by atoms with van der Waals surface area (Å²) in [5.41, 5.74) is -0.830. The van der Waals surface area contributed by atoms with Crippen LogP contribution in [0.4, 0.5) is 8.78 Å². The summed E-state index contributed by atoms with van der Waals surface area (Å²) in [6.07, 6.45) is -1.95. The van der Waals surface area contributed by atoms with Gasteiger partial charge < -0.3 is 25.7 Å². The third kappa shape index (κ3) is 6.25. The molecular formula is C30H33F2N3O5S. The zero-order valence-electron chi connectivity index (χ0n) is 22.9. The van der Waals surface area contributed by atoms with Gasteiger partial charge in [-0.3, -0.25) is 14.4 Å². The summed E-state index contributed by atoms with van der Waals surface area (Å²) >= 11 is 1.39. The lowest BCUT2D eigenvalue weighted by Gasteiger charge is -2.34. The molecule has 11 heteroatoms.